The Morgan fingerprint density at radius 1 is 1.44 bits per heavy atom. The molecule has 2 N–H and O–H groups in total. The Bertz CT molecular complexity index is 416. The highest BCUT2D eigenvalue weighted by Gasteiger charge is 2.29. The average Bonchev–Trinajstić information content (AvgIpc) is 3.04. The van der Waals surface area contributed by atoms with Crippen LogP contribution in [0.4, 0.5) is 0 Å². The Morgan fingerprint density at radius 2 is 2.33 bits per heavy atom. The van der Waals surface area contributed by atoms with Crippen molar-refractivity contribution in [3.05, 3.63) is 29.8 Å². The van der Waals surface area contributed by atoms with E-state index in [9.17, 15) is 4.79 Å². The molecule has 2 heterocycles. The maximum atomic E-state index is 12.0. The molecular weight excluding hydrogens is 228 g/mol. The molecule has 3 rings (SSSR count). The van der Waals surface area contributed by atoms with Crippen LogP contribution in [0, 0.1) is 5.92 Å². The number of fused-ring (bicyclic) bond motifs is 1. The van der Waals surface area contributed by atoms with E-state index in [1.807, 2.05) is 24.3 Å². The number of hydrogen-bond donors (Lipinski definition) is 2. The van der Waals surface area contributed by atoms with Crippen molar-refractivity contribution in [2.75, 3.05) is 19.6 Å². The lowest BCUT2D eigenvalue weighted by atomic mass is 10.1. The first-order valence-corrected chi connectivity index (χ1v) is 6.56. The summed E-state index contributed by atoms with van der Waals surface area (Å²) in [4.78, 5) is 12.0. The van der Waals surface area contributed by atoms with Gasteiger partial charge in [0.05, 0.1) is 0 Å². The molecule has 4 nitrogen and oxygen atoms in total. The Hall–Kier alpha value is -1.55. The highest BCUT2D eigenvalue weighted by Crippen LogP contribution is 2.28. The molecule has 2 aliphatic rings. The van der Waals surface area contributed by atoms with Crippen molar-refractivity contribution in [3.63, 3.8) is 0 Å². The molecule has 18 heavy (non-hydrogen) atoms. The van der Waals surface area contributed by atoms with Gasteiger partial charge in [-0.3, -0.25) is 4.79 Å². The average molecular weight is 246 g/mol. The third-order valence-corrected chi connectivity index (χ3v) is 3.67. The molecule has 4 heteroatoms. The van der Waals surface area contributed by atoms with Gasteiger partial charge in [0.2, 0.25) is 0 Å². The minimum absolute atomic E-state index is 0.0121. The van der Waals surface area contributed by atoms with Gasteiger partial charge in [-0.25, -0.2) is 0 Å². The normalized spacial score (nSPS) is 25.6. The molecule has 1 aromatic carbocycles. The van der Waals surface area contributed by atoms with E-state index in [2.05, 4.69) is 10.6 Å². The van der Waals surface area contributed by atoms with E-state index in [4.69, 9.17) is 4.74 Å². The van der Waals surface area contributed by atoms with Gasteiger partial charge in [-0.15, -0.1) is 0 Å². The first-order valence-electron chi connectivity index (χ1n) is 6.56. The van der Waals surface area contributed by atoms with E-state index in [-0.39, 0.29) is 12.0 Å². The zero-order chi connectivity index (χ0) is 12.4. The van der Waals surface area contributed by atoms with Crippen molar-refractivity contribution in [1.29, 1.82) is 0 Å². The number of carbonyl (C=O) groups is 1. The second kappa shape index (κ2) is 4.98. The summed E-state index contributed by atoms with van der Waals surface area (Å²) in [6, 6.07) is 7.85. The lowest BCUT2D eigenvalue weighted by Gasteiger charge is -2.14. The molecule has 0 radical (unpaired) electrons. The zero-order valence-electron chi connectivity index (χ0n) is 10.3. The molecule has 2 aliphatic heterocycles. The van der Waals surface area contributed by atoms with Crippen molar-refractivity contribution in [1.82, 2.24) is 10.6 Å². The van der Waals surface area contributed by atoms with Gasteiger partial charge in [-0.1, -0.05) is 18.2 Å². The highest BCUT2D eigenvalue weighted by molar-refractivity contribution is 5.82. The third-order valence-electron chi connectivity index (χ3n) is 3.67. The second-order valence-corrected chi connectivity index (χ2v) is 5.02. The van der Waals surface area contributed by atoms with E-state index >= 15 is 0 Å². The summed E-state index contributed by atoms with van der Waals surface area (Å²) in [5, 5.41) is 6.29. The quantitative estimate of drug-likeness (QED) is 0.826. The fourth-order valence-electron chi connectivity index (χ4n) is 2.58. The van der Waals surface area contributed by atoms with Gasteiger partial charge in [0.1, 0.15) is 5.75 Å². The molecule has 1 fully saturated rings. The van der Waals surface area contributed by atoms with Crippen molar-refractivity contribution >= 4 is 5.91 Å². The first kappa shape index (κ1) is 11.5. The number of nitrogens with one attached hydrogen (secondary N) is 2. The van der Waals surface area contributed by atoms with Crippen LogP contribution in [-0.4, -0.2) is 31.6 Å². The van der Waals surface area contributed by atoms with Crippen LogP contribution in [0.3, 0.4) is 0 Å². The lowest BCUT2D eigenvalue weighted by Crippen LogP contribution is -2.40. The van der Waals surface area contributed by atoms with Crippen LogP contribution in [0.2, 0.25) is 0 Å². The number of amides is 1. The molecule has 1 saturated heterocycles. The summed E-state index contributed by atoms with van der Waals surface area (Å²) in [5.41, 5.74) is 1.13. The second-order valence-electron chi connectivity index (χ2n) is 5.02. The summed E-state index contributed by atoms with van der Waals surface area (Å²) >= 11 is 0. The number of benzene rings is 1. The van der Waals surface area contributed by atoms with E-state index in [1.165, 1.54) is 0 Å². The standard InChI is InChI=1S/C14H18N2O2/c17-14(16-9-10-5-6-15-8-10)13-7-11-3-1-2-4-12(11)18-13/h1-4,10,13,15H,5-9H2,(H,16,17). The molecule has 2 unspecified atom stereocenters. The molecular formula is C14H18N2O2. The van der Waals surface area contributed by atoms with E-state index in [0.29, 0.717) is 12.3 Å². The van der Waals surface area contributed by atoms with Gasteiger partial charge in [0.25, 0.3) is 5.91 Å². The minimum atomic E-state index is -0.350. The Kier molecular flexibility index (Phi) is 3.19. The lowest BCUT2D eigenvalue weighted by molar-refractivity contribution is -0.127. The van der Waals surface area contributed by atoms with Crippen molar-refractivity contribution < 1.29 is 9.53 Å². The van der Waals surface area contributed by atoms with Gasteiger partial charge in [-0.2, -0.15) is 0 Å². The molecule has 96 valence electrons. The Morgan fingerprint density at radius 3 is 3.11 bits per heavy atom. The summed E-state index contributed by atoms with van der Waals surface area (Å²) in [6.07, 6.45) is 1.48. The maximum absolute atomic E-state index is 12.0. The van der Waals surface area contributed by atoms with E-state index < -0.39 is 0 Å². The number of ether oxygens (including phenoxy) is 1. The van der Waals surface area contributed by atoms with Crippen LogP contribution in [0.1, 0.15) is 12.0 Å². The summed E-state index contributed by atoms with van der Waals surface area (Å²) in [5.74, 6) is 1.43. The fourth-order valence-corrected chi connectivity index (χ4v) is 2.58. The van der Waals surface area contributed by atoms with Gasteiger partial charge < -0.3 is 15.4 Å². The smallest absolute Gasteiger partial charge is 0.261 e. The largest absolute Gasteiger partial charge is 0.480 e. The molecule has 1 aromatic rings. The first-order chi connectivity index (χ1) is 8.83. The topological polar surface area (TPSA) is 50.4 Å². The van der Waals surface area contributed by atoms with Gasteiger partial charge in [0, 0.05) is 13.0 Å². The SMILES string of the molecule is O=C(NCC1CCNC1)C1Cc2ccccc2O1. The zero-order valence-corrected chi connectivity index (χ0v) is 10.3. The van der Waals surface area contributed by atoms with Crippen LogP contribution in [0.5, 0.6) is 5.75 Å². The van der Waals surface area contributed by atoms with E-state index in [0.717, 1.165) is 37.4 Å². The molecule has 0 bridgehead atoms. The molecule has 0 aromatic heterocycles. The van der Waals surface area contributed by atoms with Crippen molar-refractivity contribution in [2.45, 2.75) is 18.9 Å². The van der Waals surface area contributed by atoms with Crippen LogP contribution >= 0.6 is 0 Å². The Balaban J connectivity index is 1.52. The van der Waals surface area contributed by atoms with Crippen LogP contribution in [0.25, 0.3) is 0 Å². The summed E-state index contributed by atoms with van der Waals surface area (Å²) < 4.78 is 5.66. The monoisotopic (exact) mass is 246 g/mol. The fraction of sp³-hybridized carbons (Fsp3) is 0.500. The number of carbonyl (C=O) groups excluding carboxylic acids is 1. The molecule has 1 amide bonds. The predicted octanol–water partition coefficient (Wildman–Crippen LogP) is 0.716. The van der Waals surface area contributed by atoms with Crippen LogP contribution < -0.4 is 15.4 Å². The number of para-hydroxylation sites is 1. The summed E-state index contributed by atoms with van der Waals surface area (Å²) in [7, 11) is 0. The van der Waals surface area contributed by atoms with E-state index in [1.54, 1.807) is 0 Å². The summed E-state index contributed by atoms with van der Waals surface area (Å²) in [6.45, 7) is 2.82. The maximum Gasteiger partial charge on any atom is 0.261 e. The van der Waals surface area contributed by atoms with Crippen molar-refractivity contribution in [3.8, 4) is 5.75 Å². The molecule has 0 spiro atoms. The number of rotatable bonds is 3. The molecule has 0 saturated carbocycles. The van der Waals surface area contributed by atoms with Crippen molar-refractivity contribution in [2.24, 2.45) is 5.92 Å². The number of hydrogen-bond acceptors (Lipinski definition) is 3. The van der Waals surface area contributed by atoms with Gasteiger partial charge >= 0.3 is 0 Å². The van der Waals surface area contributed by atoms with Gasteiger partial charge in [-0.05, 0) is 37.1 Å². The van der Waals surface area contributed by atoms with Gasteiger partial charge in [0.15, 0.2) is 6.10 Å². The molecule has 2 atom stereocenters. The van der Waals surface area contributed by atoms with Crippen LogP contribution in [-0.2, 0) is 11.2 Å². The third kappa shape index (κ3) is 2.34. The molecule has 0 aliphatic carbocycles. The highest BCUT2D eigenvalue weighted by atomic mass is 16.5. The van der Waals surface area contributed by atoms with Crippen LogP contribution in [0.15, 0.2) is 24.3 Å². The Labute approximate surface area is 107 Å². The predicted molar refractivity (Wildman–Crippen MR) is 68.5 cm³/mol. The minimum Gasteiger partial charge on any atom is -0.480 e.